The molecule has 0 spiro atoms. The Hall–Kier alpha value is -1.83. The maximum atomic E-state index is 12.3. The molecule has 0 aliphatic heterocycles. The number of carbonyl (C=O) groups excluding carboxylic acids is 1. The van der Waals surface area contributed by atoms with E-state index in [0.29, 0.717) is 17.5 Å². The fraction of sp³-hybridized carbons (Fsp3) is 0.471. The van der Waals surface area contributed by atoms with Crippen LogP contribution in [0, 0.1) is 18.8 Å². The fourth-order valence-electron chi connectivity index (χ4n) is 2.31. The number of hydrogen-bond donors (Lipinski definition) is 2. The summed E-state index contributed by atoms with van der Waals surface area (Å²) < 4.78 is 5.21. The number of rotatable bonds is 4. The van der Waals surface area contributed by atoms with Crippen LogP contribution < -0.4 is 5.32 Å². The molecule has 0 atom stereocenters. The molecule has 0 aromatic heterocycles. The highest BCUT2D eigenvalue weighted by atomic mass is 16.5. The van der Waals surface area contributed by atoms with Crippen molar-refractivity contribution in [3.63, 3.8) is 0 Å². The van der Waals surface area contributed by atoms with Gasteiger partial charge in [0.1, 0.15) is 0 Å². The van der Waals surface area contributed by atoms with Crippen LogP contribution in [0.5, 0.6) is 0 Å². The van der Waals surface area contributed by atoms with E-state index in [-0.39, 0.29) is 24.7 Å². The lowest BCUT2D eigenvalue weighted by molar-refractivity contribution is 0.0176. The topological polar surface area (TPSA) is 58.6 Å². The van der Waals surface area contributed by atoms with Crippen LogP contribution in [0.25, 0.3) is 0 Å². The average molecular weight is 287 g/mol. The van der Waals surface area contributed by atoms with E-state index in [2.05, 4.69) is 17.2 Å². The van der Waals surface area contributed by atoms with Gasteiger partial charge in [-0.3, -0.25) is 4.79 Å². The van der Waals surface area contributed by atoms with Crippen LogP contribution in [0.4, 0.5) is 0 Å². The SMILES string of the molecule is COC1CC(NC(=O)c2ccc(C)cc2C#CCCO)C1. The Labute approximate surface area is 125 Å². The molecule has 0 radical (unpaired) electrons. The Morgan fingerprint density at radius 3 is 2.90 bits per heavy atom. The van der Waals surface area contributed by atoms with Gasteiger partial charge < -0.3 is 15.2 Å². The first-order valence-electron chi connectivity index (χ1n) is 7.18. The van der Waals surface area contributed by atoms with Crippen LogP contribution >= 0.6 is 0 Å². The van der Waals surface area contributed by atoms with Crippen molar-refractivity contribution in [1.29, 1.82) is 0 Å². The fourth-order valence-corrected chi connectivity index (χ4v) is 2.31. The molecule has 112 valence electrons. The third-order valence-corrected chi connectivity index (χ3v) is 3.64. The number of aliphatic hydroxyl groups is 1. The second-order valence-corrected chi connectivity index (χ2v) is 5.32. The molecule has 1 saturated carbocycles. The number of carbonyl (C=O) groups is 1. The van der Waals surface area contributed by atoms with Gasteiger partial charge >= 0.3 is 0 Å². The second-order valence-electron chi connectivity index (χ2n) is 5.32. The molecule has 0 bridgehead atoms. The van der Waals surface area contributed by atoms with E-state index in [9.17, 15) is 4.79 Å². The monoisotopic (exact) mass is 287 g/mol. The number of hydrogen-bond acceptors (Lipinski definition) is 3. The summed E-state index contributed by atoms with van der Waals surface area (Å²) in [6.45, 7) is 1.99. The standard InChI is InChI=1S/C17H21NO3/c1-12-6-7-16(13(9-12)5-3-4-8-19)17(20)18-14-10-15(11-14)21-2/h6-7,9,14-15,19H,4,8,10-11H2,1-2H3,(H,18,20). The van der Waals surface area contributed by atoms with Gasteiger partial charge in [0.05, 0.1) is 18.3 Å². The van der Waals surface area contributed by atoms with Crippen LogP contribution in [0.15, 0.2) is 18.2 Å². The van der Waals surface area contributed by atoms with Crippen molar-refractivity contribution in [2.75, 3.05) is 13.7 Å². The number of aliphatic hydroxyl groups excluding tert-OH is 1. The van der Waals surface area contributed by atoms with Gasteiger partial charge in [0.2, 0.25) is 0 Å². The lowest BCUT2D eigenvalue weighted by Crippen LogP contribution is -2.47. The summed E-state index contributed by atoms with van der Waals surface area (Å²) in [5.41, 5.74) is 2.36. The lowest BCUT2D eigenvalue weighted by atomic mass is 9.89. The highest BCUT2D eigenvalue weighted by Crippen LogP contribution is 2.23. The first-order chi connectivity index (χ1) is 10.1. The van der Waals surface area contributed by atoms with E-state index in [1.54, 1.807) is 13.2 Å². The smallest absolute Gasteiger partial charge is 0.252 e. The summed E-state index contributed by atoms with van der Waals surface area (Å²) in [7, 11) is 1.69. The largest absolute Gasteiger partial charge is 0.395 e. The molecule has 1 aromatic carbocycles. The molecule has 21 heavy (non-hydrogen) atoms. The van der Waals surface area contributed by atoms with Gasteiger partial charge in [-0.1, -0.05) is 17.9 Å². The molecule has 2 N–H and O–H groups in total. The summed E-state index contributed by atoms with van der Waals surface area (Å²) >= 11 is 0. The zero-order valence-corrected chi connectivity index (χ0v) is 12.5. The Morgan fingerprint density at radius 1 is 1.48 bits per heavy atom. The number of benzene rings is 1. The quantitative estimate of drug-likeness (QED) is 0.828. The van der Waals surface area contributed by atoms with E-state index in [1.165, 1.54) is 0 Å². The van der Waals surface area contributed by atoms with Crippen molar-refractivity contribution in [2.24, 2.45) is 0 Å². The minimum Gasteiger partial charge on any atom is -0.395 e. The van der Waals surface area contributed by atoms with Crippen LogP contribution in [-0.2, 0) is 4.74 Å². The lowest BCUT2D eigenvalue weighted by Gasteiger charge is -2.34. The first kappa shape index (κ1) is 15.6. The average Bonchev–Trinajstić information content (AvgIpc) is 2.42. The molecule has 2 rings (SSSR count). The molecule has 1 aliphatic rings. The molecule has 0 heterocycles. The van der Waals surface area contributed by atoms with Gasteiger partial charge in [-0.15, -0.1) is 0 Å². The van der Waals surface area contributed by atoms with Gasteiger partial charge in [0.25, 0.3) is 5.91 Å². The van der Waals surface area contributed by atoms with E-state index >= 15 is 0 Å². The number of amides is 1. The molecule has 1 amide bonds. The summed E-state index contributed by atoms with van der Waals surface area (Å²) in [5.74, 6) is 5.75. The molecular weight excluding hydrogens is 266 g/mol. The number of nitrogens with one attached hydrogen (secondary N) is 1. The second kappa shape index (κ2) is 7.26. The maximum absolute atomic E-state index is 12.3. The van der Waals surface area contributed by atoms with Crippen molar-refractivity contribution < 1.29 is 14.6 Å². The van der Waals surface area contributed by atoms with Crippen molar-refractivity contribution in [2.45, 2.75) is 38.3 Å². The Bertz CT molecular complexity index is 565. The summed E-state index contributed by atoms with van der Waals surface area (Å²) in [6.07, 6.45) is 2.39. The van der Waals surface area contributed by atoms with Crippen LogP contribution in [0.2, 0.25) is 0 Å². The molecule has 1 aromatic rings. The Balaban J connectivity index is 2.08. The zero-order valence-electron chi connectivity index (χ0n) is 12.5. The number of methoxy groups -OCH3 is 1. The molecule has 1 aliphatic carbocycles. The number of ether oxygens (including phenoxy) is 1. The summed E-state index contributed by atoms with van der Waals surface area (Å²) in [6, 6.07) is 5.80. The maximum Gasteiger partial charge on any atom is 0.252 e. The van der Waals surface area contributed by atoms with Gasteiger partial charge in [0, 0.05) is 25.1 Å². The van der Waals surface area contributed by atoms with Gasteiger partial charge in [-0.2, -0.15) is 0 Å². The minimum atomic E-state index is -0.0946. The normalized spacial score (nSPS) is 20.1. The number of aryl methyl sites for hydroxylation is 1. The highest BCUT2D eigenvalue weighted by molar-refractivity contribution is 5.97. The van der Waals surface area contributed by atoms with Gasteiger partial charge in [-0.05, 0) is 37.5 Å². The Kier molecular flexibility index (Phi) is 5.38. The van der Waals surface area contributed by atoms with E-state index in [4.69, 9.17) is 9.84 Å². The van der Waals surface area contributed by atoms with Crippen LogP contribution in [0.1, 0.15) is 40.7 Å². The van der Waals surface area contributed by atoms with E-state index < -0.39 is 0 Å². The molecule has 4 nitrogen and oxygen atoms in total. The van der Waals surface area contributed by atoms with Crippen molar-refractivity contribution in [3.8, 4) is 11.8 Å². The van der Waals surface area contributed by atoms with Gasteiger partial charge in [0.15, 0.2) is 0 Å². The van der Waals surface area contributed by atoms with E-state index in [0.717, 1.165) is 18.4 Å². The molecular formula is C17H21NO3. The van der Waals surface area contributed by atoms with Crippen molar-refractivity contribution in [1.82, 2.24) is 5.32 Å². The summed E-state index contributed by atoms with van der Waals surface area (Å²) in [4.78, 5) is 12.3. The predicted molar refractivity (Wildman–Crippen MR) is 81.0 cm³/mol. The summed E-state index contributed by atoms with van der Waals surface area (Å²) in [5, 5.41) is 11.8. The van der Waals surface area contributed by atoms with Crippen molar-refractivity contribution >= 4 is 5.91 Å². The third kappa shape index (κ3) is 4.07. The zero-order chi connectivity index (χ0) is 15.2. The Morgan fingerprint density at radius 2 is 2.24 bits per heavy atom. The first-order valence-corrected chi connectivity index (χ1v) is 7.18. The molecule has 0 unspecified atom stereocenters. The predicted octanol–water partition coefficient (Wildman–Crippen LogP) is 1.64. The van der Waals surface area contributed by atoms with E-state index in [1.807, 2.05) is 19.1 Å². The molecule has 0 saturated heterocycles. The minimum absolute atomic E-state index is 0.0286. The van der Waals surface area contributed by atoms with Crippen LogP contribution in [-0.4, -0.2) is 36.9 Å². The molecule has 4 heteroatoms. The third-order valence-electron chi connectivity index (χ3n) is 3.64. The van der Waals surface area contributed by atoms with Crippen LogP contribution in [0.3, 0.4) is 0 Å². The van der Waals surface area contributed by atoms with Crippen molar-refractivity contribution in [3.05, 3.63) is 34.9 Å². The van der Waals surface area contributed by atoms with Gasteiger partial charge in [-0.25, -0.2) is 0 Å². The molecule has 1 fully saturated rings. The highest BCUT2D eigenvalue weighted by Gasteiger charge is 2.30.